The fourth-order valence-corrected chi connectivity index (χ4v) is 3.25. The molecule has 0 bridgehead atoms. The molecule has 1 aromatic heterocycles. The fraction of sp³-hybridized carbons (Fsp3) is 0.375. The molecule has 1 heterocycles. The van der Waals surface area contributed by atoms with Crippen LogP contribution in [0.2, 0.25) is 0 Å². The number of thiazole rings is 1. The molecular formula is C16H17F3N2O3S. The summed E-state index contributed by atoms with van der Waals surface area (Å²) in [5.41, 5.74) is 1.24. The molecule has 0 atom stereocenters. The van der Waals surface area contributed by atoms with Gasteiger partial charge in [0.05, 0.1) is 17.2 Å². The van der Waals surface area contributed by atoms with Crippen LogP contribution in [0.3, 0.4) is 0 Å². The number of halogens is 3. The lowest BCUT2D eigenvalue weighted by molar-refractivity contribution is -0.274. The molecule has 0 saturated heterocycles. The van der Waals surface area contributed by atoms with Crippen molar-refractivity contribution in [2.24, 2.45) is 4.99 Å². The lowest BCUT2D eigenvalue weighted by Gasteiger charge is -2.08. The summed E-state index contributed by atoms with van der Waals surface area (Å²) in [4.78, 5) is 17.3. The molecule has 0 aliphatic rings. The van der Waals surface area contributed by atoms with E-state index < -0.39 is 6.36 Å². The smallest absolute Gasteiger partial charge is 0.406 e. The van der Waals surface area contributed by atoms with Gasteiger partial charge in [0.2, 0.25) is 0 Å². The summed E-state index contributed by atoms with van der Waals surface area (Å²) >= 11 is 1.23. The van der Waals surface area contributed by atoms with E-state index in [1.165, 1.54) is 42.5 Å². The third-order valence-electron chi connectivity index (χ3n) is 3.29. The number of methoxy groups -OCH3 is 1. The molecule has 136 valence electrons. The maximum absolute atomic E-state index is 12.2. The molecule has 0 N–H and O–H groups in total. The Bertz CT molecular complexity index is 808. The summed E-state index contributed by atoms with van der Waals surface area (Å²) in [5.74, 6) is -0.380. The van der Waals surface area contributed by atoms with Crippen molar-refractivity contribution in [2.45, 2.75) is 26.8 Å². The zero-order valence-electron chi connectivity index (χ0n) is 13.9. The average Bonchev–Trinajstić information content (AvgIpc) is 2.82. The Labute approximate surface area is 146 Å². The lowest BCUT2D eigenvalue weighted by Crippen LogP contribution is -2.19. The average molecular weight is 374 g/mol. The normalized spacial score (nSPS) is 12.5. The van der Waals surface area contributed by atoms with Crippen molar-refractivity contribution in [1.29, 1.82) is 0 Å². The zero-order valence-corrected chi connectivity index (χ0v) is 14.7. The number of carbonyl (C=O) groups is 1. The van der Waals surface area contributed by atoms with Gasteiger partial charge >= 0.3 is 6.36 Å². The van der Waals surface area contributed by atoms with Gasteiger partial charge in [0.25, 0.3) is 0 Å². The van der Waals surface area contributed by atoms with Crippen LogP contribution in [-0.4, -0.2) is 30.4 Å². The quantitative estimate of drug-likeness (QED) is 0.722. The molecule has 2 aromatic rings. The van der Waals surface area contributed by atoms with Gasteiger partial charge in [-0.05, 0) is 31.2 Å². The molecule has 2 rings (SSSR count). The molecule has 0 fully saturated rings. The number of carbonyl (C=O) groups excluding carboxylic acids is 1. The Morgan fingerprint density at radius 3 is 2.44 bits per heavy atom. The second-order valence-corrected chi connectivity index (χ2v) is 6.13. The van der Waals surface area contributed by atoms with Crippen molar-refractivity contribution >= 4 is 22.8 Å². The number of hydrogen-bond acceptors (Lipinski definition) is 5. The third-order valence-corrected chi connectivity index (χ3v) is 4.57. The van der Waals surface area contributed by atoms with Gasteiger partial charge in [-0.2, -0.15) is 0 Å². The monoisotopic (exact) mass is 374 g/mol. The maximum Gasteiger partial charge on any atom is 0.573 e. The SMILES string of the molecule is COCCn1c(C)c(C(C)=O)s/c1=N/c1ccc(OC(F)(F)F)cc1. The molecule has 0 amide bonds. The first-order valence-corrected chi connectivity index (χ1v) is 8.13. The minimum Gasteiger partial charge on any atom is -0.406 e. The molecular weight excluding hydrogens is 357 g/mol. The molecule has 0 radical (unpaired) electrons. The summed E-state index contributed by atoms with van der Waals surface area (Å²) in [6.07, 6.45) is -4.73. The first-order valence-electron chi connectivity index (χ1n) is 7.32. The second kappa shape index (κ2) is 7.83. The Balaban J connectivity index is 2.39. The van der Waals surface area contributed by atoms with E-state index in [2.05, 4.69) is 9.73 Å². The third kappa shape index (κ3) is 5.17. The number of hydrogen-bond donors (Lipinski definition) is 0. The van der Waals surface area contributed by atoms with Crippen LogP contribution >= 0.6 is 11.3 Å². The minimum atomic E-state index is -4.73. The van der Waals surface area contributed by atoms with Crippen LogP contribution < -0.4 is 9.54 Å². The number of Topliss-reactive ketones (excluding diaryl/α,β-unsaturated/α-hetero) is 1. The van der Waals surface area contributed by atoms with Crippen molar-refractivity contribution in [3.8, 4) is 5.75 Å². The van der Waals surface area contributed by atoms with Crippen LogP contribution in [0.15, 0.2) is 29.3 Å². The molecule has 1 aromatic carbocycles. The van der Waals surface area contributed by atoms with E-state index >= 15 is 0 Å². The first-order chi connectivity index (χ1) is 11.7. The Morgan fingerprint density at radius 1 is 1.28 bits per heavy atom. The van der Waals surface area contributed by atoms with Crippen LogP contribution in [0, 0.1) is 6.92 Å². The van der Waals surface area contributed by atoms with Crippen molar-refractivity contribution in [3.05, 3.63) is 39.6 Å². The molecule has 0 unspecified atom stereocenters. The van der Waals surface area contributed by atoms with E-state index in [-0.39, 0.29) is 11.5 Å². The fourth-order valence-electron chi connectivity index (χ4n) is 2.17. The number of alkyl halides is 3. The van der Waals surface area contributed by atoms with Crippen LogP contribution in [-0.2, 0) is 11.3 Å². The van der Waals surface area contributed by atoms with Crippen LogP contribution in [0.1, 0.15) is 22.3 Å². The molecule has 9 heteroatoms. The van der Waals surface area contributed by atoms with E-state index in [4.69, 9.17) is 4.74 Å². The van der Waals surface area contributed by atoms with Gasteiger partial charge in [-0.25, -0.2) is 4.99 Å². The summed E-state index contributed by atoms with van der Waals surface area (Å²) in [6, 6.07) is 5.23. The first kappa shape index (κ1) is 19.2. The van der Waals surface area contributed by atoms with Gasteiger partial charge in [0.1, 0.15) is 5.75 Å². The summed E-state index contributed by atoms with van der Waals surface area (Å²) in [6.45, 7) is 4.26. The van der Waals surface area contributed by atoms with Crippen molar-refractivity contribution in [3.63, 3.8) is 0 Å². The predicted octanol–water partition coefficient (Wildman–Crippen LogP) is 3.84. The number of ether oxygens (including phenoxy) is 2. The van der Waals surface area contributed by atoms with Crippen LogP contribution in [0.25, 0.3) is 0 Å². The highest BCUT2D eigenvalue weighted by atomic mass is 32.1. The summed E-state index contributed by atoms with van der Waals surface area (Å²) in [7, 11) is 1.57. The number of nitrogens with zero attached hydrogens (tertiary/aromatic N) is 2. The van der Waals surface area contributed by atoms with E-state index in [1.54, 1.807) is 7.11 Å². The van der Waals surface area contributed by atoms with Crippen LogP contribution in [0.5, 0.6) is 5.75 Å². The highest BCUT2D eigenvalue weighted by Crippen LogP contribution is 2.25. The molecule has 0 aliphatic heterocycles. The number of aromatic nitrogens is 1. The lowest BCUT2D eigenvalue weighted by atomic mass is 10.3. The van der Waals surface area contributed by atoms with E-state index in [1.807, 2.05) is 11.5 Å². The maximum atomic E-state index is 12.2. The van der Waals surface area contributed by atoms with Crippen molar-refractivity contribution in [1.82, 2.24) is 4.57 Å². The number of benzene rings is 1. The van der Waals surface area contributed by atoms with E-state index in [9.17, 15) is 18.0 Å². The van der Waals surface area contributed by atoms with Gasteiger partial charge in [0, 0.05) is 26.3 Å². The standard InChI is InChI=1S/C16H17F3N2O3S/c1-10-14(11(2)22)25-15(21(10)8-9-23-3)20-12-4-6-13(7-5-12)24-16(17,18)19/h4-7H,8-9H2,1-3H3/b20-15+. The largest absolute Gasteiger partial charge is 0.573 e. The van der Waals surface area contributed by atoms with Gasteiger partial charge in [-0.15, -0.1) is 13.2 Å². The van der Waals surface area contributed by atoms with E-state index in [0.717, 1.165) is 5.69 Å². The Hall–Kier alpha value is -2.13. The van der Waals surface area contributed by atoms with E-state index in [0.29, 0.717) is 28.5 Å². The highest BCUT2D eigenvalue weighted by Gasteiger charge is 2.30. The van der Waals surface area contributed by atoms with Gasteiger partial charge in [-0.1, -0.05) is 11.3 Å². The number of rotatable bonds is 6. The minimum absolute atomic E-state index is 0.0657. The molecule has 0 saturated carbocycles. The molecule has 25 heavy (non-hydrogen) atoms. The number of ketones is 1. The molecule has 0 spiro atoms. The van der Waals surface area contributed by atoms with Gasteiger partial charge < -0.3 is 14.0 Å². The topological polar surface area (TPSA) is 52.8 Å². The second-order valence-electron chi connectivity index (χ2n) is 5.15. The Kier molecular flexibility index (Phi) is 6.02. The zero-order chi connectivity index (χ0) is 18.6. The van der Waals surface area contributed by atoms with Crippen LogP contribution in [0.4, 0.5) is 18.9 Å². The van der Waals surface area contributed by atoms with Gasteiger partial charge in [-0.3, -0.25) is 4.79 Å². The predicted molar refractivity (Wildman–Crippen MR) is 87.3 cm³/mol. The molecule has 0 aliphatic carbocycles. The summed E-state index contributed by atoms with van der Waals surface area (Å²) in [5, 5.41) is 0. The highest BCUT2D eigenvalue weighted by molar-refractivity contribution is 7.11. The van der Waals surface area contributed by atoms with Crippen molar-refractivity contribution < 1.29 is 27.4 Å². The van der Waals surface area contributed by atoms with Gasteiger partial charge in [0.15, 0.2) is 10.6 Å². The Morgan fingerprint density at radius 2 is 1.92 bits per heavy atom. The summed E-state index contributed by atoms with van der Waals surface area (Å²) < 4.78 is 47.3. The molecule has 5 nitrogen and oxygen atoms in total. The van der Waals surface area contributed by atoms with Crippen molar-refractivity contribution in [2.75, 3.05) is 13.7 Å².